The molecule has 0 aromatic carbocycles. The smallest absolute Gasteiger partial charge is 0.220 e. The number of nitrogens with one attached hydrogen (secondary N) is 1. The molecule has 0 spiro atoms. The lowest BCUT2D eigenvalue weighted by atomic mass is 10.4. The third-order valence-electron chi connectivity index (χ3n) is 2.10. The lowest BCUT2D eigenvalue weighted by molar-refractivity contribution is 0.126. The number of nitrogens with two attached hydrogens (primary N) is 1. The SMILES string of the molecule is CCCCOCCCn1c(N)n[nH]c1=S. The molecule has 5 nitrogen and oxygen atoms in total. The highest BCUT2D eigenvalue weighted by Gasteiger charge is 2.00. The van der Waals surface area contributed by atoms with Gasteiger partial charge in [0.15, 0.2) is 4.77 Å². The van der Waals surface area contributed by atoms with Gasteiger partial charge in [-0.3, -0.25) is 4.57 Å². The minimum Gasteiger partial charge on any atom is -0.381 e. The maximum Gasteiger partial charge on any atom is 0.220 e. The Labute approximate surface area is 94.6 Å². The van der Waals surface area contributed by atoms with Crippen molar-refractivity contribution in [3.8, 4) is 0 Å². The third kappa shape index (κ3) is 4.01. The average molecular weight is 230 g/mol. The van der Waals surface area contributed by atoms with Crippen molar-refractivity contribution in [1.29, 1.82) is 0 Å². The van der Waals surface area contributed by atoms with E-state index in [0.717, 1.165) is 32.6 Å². The lowest BCUT2D eigenvalue weighted by Crippen LogP contribution is -2.06. The van der Waals surface area contributed by atoms with Gasteiger partial charge >= 0.3 is 0 Å². The Morgan fingerprint density at radius 3 is 2.80 bits per heavy atom. The fourth-order valence-corrected chi connectivity index (χ4v) is 1.45. The average Bonchev–Trinajstić information content (AvgIpc) is 2.54. The van der Waals surface area contributed by atoms with E-state index in [4.69, 9.17) is 22.7 Å². The molecular formula is C9H18N4OS. The van der Waals surface area contributed by atoms with Crippen LogP contribution in [-0.2, 0) is 11.3 Å². The van der Waals surface area contributed by atoms with Gasteiger partial charge < -0.3 is 10.5 Å². The van der Waals surface area contributed by atoms with E-state index in [0.29, 0.717) is 10.7 Å². The summed E-state index contributed by atoms with van der Waals surface area (Å²) < 4.78 is 7.78. The number of aromatic nitrogens is 3. The topological polar surface area (TPSA) is 68.9 Å². The molecule has 0 aliphatic rings. The van der Waals surface area contributed by atoms with Crippen LogP contribution in [0.1, 0.15) is 26.2 Å². The molecule has 0 fully saturated rings. The summed E-state index contributed by atoms with van der Waals surface area (Å²) in [5.74, 6) is 0.438. The number of ether oxygens (including phenoxy) is 1. The van der Waals surface area contributed by atoms with Gasteiger partial charge in [-0.05, 0) is 25.1 Å². The summed E-state index contributed by atoms with van der Waals surface area (Å²) in [4.78, 5) is 0. The molecule has 0 saturated carbocycles. The van der Waals surface area contributed by atoms with Crippen LogP contribution in [-0.4, -0.2) is 28.0 Å². The van der Waals surface area contributed by atoms with Crippen LogP contribution in [0, 0.1) is 4.77 Å². The Balaban J connectivity index is 2.18. The minimum atomic E-state index is 0.438. The molecular weight excluding hydrogens is 212 g/mol. The quantitative estimate of drug-likeness (QED) is 0.553. The summed E-state index contributed by atoms with van der Waals surface area (Å²) in [5, 5.41) is 6.48. The van der Waals surface area contributed by atoms with Crippen molar-refractivity contribution in [2.75, 3.05) is 18.9 Å². The highest BCUT2D eigenvalue weighted by atomic mass is 32.1. The first kappa shape index (κ1) is 12.2. The second-order valence-corrected chi connectivity index (χ2v) is 3.74. The van der Waals surface area contributed by atoms with E-state index in [1.165, 1.54) is 6.42 Å². The van der Waals surface area contributed by atoms with Crippen molar-refractivity contribution >= 4 is 18.2 Å². The number of rotatable bonds is 7. The lowest BCUT2D eigenvalue weighted by Gasteiger charge is -2.04. The van der Waals surface area contributed by atoms with Crippen LogP contribution >= 0.6 is 12.2 Å². The van der Waals surface area contributed by atoms with E-state index in [1.54, 1.807) is 4.57 Å². The molecule has 0 unspecified atom stereocenters. The Bertz CT molecular complexity index is 333. The fraction of sp³-hybridized carbons (Fsp3) is 0.778. The number of nitrogen functional groups attached to an aromatic ring is 1. The number of nitrogens with zero attached hydrogens (tertiary/aromatic N) is 2. The highest BCUT2D eigenvalue weighted by Crippen LogP contribution is 2.01. The molecule has 86 valence electrons. The molecule has 1 aromatic rings. The van der Waals surface area contributed by atoms with E-state index in [-0.39, 0.29) is 0 Å². The van der Waals surface area contributed by atoms with Gasteiger partial charge in [-0.15, -0.1) is 5.10 Å². The van der Waals surface area contributed by atoms with Gasteiger partial charge in [0, 0.05) is 19.8 Å². The second kappa shape index (κ2) is 6.58. The predicted octanol–water partition coefficient (Wildman–Crippen LogP) is 1.73. The van der Waals surface area contributed by atoms with Crippen molar-refractivity contribution in [1.82, 2.24) is 14.8 Å². The van der Waals surface area contributed by atoms with Crippen molar-refractivity contribution in [2.24, 2.45) is 0 Å². The van der Waals surface area contributed by atoms with Gasteiger partial charge in [0.1, 0.15) is 0 Å². The van der Waals surface area contributed by atoms with Gasteiger partial charge in [-0.25, -0.2) is 5.10 Å². The second-order valence-electron chi connectivity index (χ2n) is 3.36. The maximum absolute atomic E-state index is 5.62. The number of anilines is 1. The fourth-order valence-electron chi connectivity index (χ4n) is 1.22. The first-order valence-electron chi connectivity index (χ1n) is 5.24. The van der Waals surface area contributed by atoms with E-state index >= 15 is 0 Å². The summed E-state index contributed by atoms with van der Waals surface area (Å²) in [7, 11) is 0. The van der Waals surface area contributed by atoms with Crippen molar-refractivity contribution in [2.45, 2.75) is 32.7 Å². The third-order valence-corrected chi connectivity index (χ3v) is 2.41. The molecule has 1 rings (SSSR count). The molecule has 3 N–H and O–H groups in total. The van der Waals surface area contributed by atoms with Crippen LogP contribution < -0.4 is 5.73 Å². The molecule has 0 aliphatic carbocycles. The monoisotopic (exact) mass is 230 g/mol. The molecule has 1 heterocycles. The van der Waals surface area contributed by atoms with Crippen LogP contribution in [0.25, 0.3) is 0 Å². The Morgan fingerprint density at radius 2 is 2.20 bits per heavy atom. The Hall–Kier alpha value is -0.880. The summed E-state index contributed by atoms with van der Waals surface area (Å²) in [6.45, 7) is 4.48. The molecule has 0 saturated heterocycles. The summed E-state index contributed by atoms with van der Waals surface area (Å²) in [5.41, 5.74) is 5.62. The molecule has 0 aliphatic heterocycles. The maximum atomic E-state index is 5.62. The summed E-state index contributed by atoms with van der Waals surface area (Å²) in [6, 6.07) is 0. The zero-order chi connectivity index (χ0) is 11.1. The zero-order valence-corrected chi connectivity index (χ0v) is 9.85. The highest BCUT2D eigenvalue weighted by molar-refractivity contribution is 7.71. The van der Waals surface area contributed by atoms with Gasteiger partial charge in [0.2, 0.25) is 5.95 Å². The number of unbranched alkanes of at least 4 members (excludes halogenated alkanes) is 1. The van der Waals surface area contributed by atoms with Crippen molar-refractivity contribution in [3.05, 3.63) is 4.77 Å². The van der Waals surface area contributed by atoms with Gasteiger partial charge in [0.25, 0.3) is 0 Å². The van der Waals surface area contributed by atoms with E-state index in [1.807, 2.05) is 0 Å². The van der Waals surface area contributed by atoms with Crippen molar-refractivity contribution < 1.29 is 4.74 Å². The van der Waals surface area contributed by atoms with Crippen LogP contribution in [0.3, 0.4) is 0 Å². The standard InChI is InChI=1S/C9H18N4OS/c1-2-3-6-14-7-4-5-13-8(10)11-12-9(13)15/h2-7H2,1H3,(H2,10,11)(H,12,15). The Kier molecular flexibility index (Phi) is 5.34. The molecule has 0 atom stereocenters. The predicted molar refractivity (Wildman–Crippen MR) is 62.2 cm³/mol. The number of hydrogen-bond acceptors (Lipinski definition) is 4. The molecule has 0 amide bonds. The first-order valence-corrected chi connectivity index (χ1v) is 5.65. The molecule has 0 bridgehead atoms. The molecule has 0 radical (unpaired) electrons. The van der Waals surface area contributed by atoms with E-state index < -0.39 is 0 Å². The number of hydrogen-bond donors (Lipinski definition) is 2. The first-order chi connectivity index (χ1) is 7.25. The Morgan fingerprint density at radius 1 is 1.47 bits per heavy atom. The summed E-state index contributed by atoms with van der Waals surface area (Å²) in [6.07, 6.45) is 3.19. The van der Waals surface area contributed by atoms with Gasteiger partial charge in [-0.1, -0.05) is 13.3 Å². The van der Waals surface area contributed by atoms with Gasteiger partial charge in [0.05, 0.1) is 0 Å². The van der Waals surface area contributed by atoms with Crippen LogP contribution in [0.5, 0.6) is 0 Å². The van der Waals surface area contributed by atoms with Gasteiger partial charge in [-0.2, -0.15) is 0 Å². The molecule has 1 aromatic heterocycles. The number of H-pyrrole nitrogens is 1. The molecule has 6 heteroatoms. The molecule has 15 heavy (non-hydrogen) atoms. The summed E-state index contributed by atoms with van der Waals surface area (Å²) >= 11 is 5.02. The normalized spacial score (nSPS) is 10.7. The zero-order valence-electron chi connectivity index (χ0n) is 9.03. The van der Waals surface area contributed by atoms with Crippen molar-refractivity contribution in [3.63, 3.8) is 0 Å². The van der Waals surface area contributed by atoms with E-state index in [9.17, 15) is 0 Å². The van der Waals surface area contributed by atoms with Crippen LogP contribution in [0.2, 0.25) is 0 Å². The largest absolute Gasteiger partial charge is 0.381 e. The number of aromatic amines is 1. The van der Waals surface area contributed by atoms with Crippen LogP contribution in [0.4, 0.5) is 5.95 Å². The van der Waals surface area contributed by atoms with E-state index in [2.05, 4.69) is 17.1 Å². The van der Waals surface area contributed by atoms with Crippen LogP contribution in [0.15, 0.2) is 0 Å². The minimum absolute atomic E-state index is 0.438.